The number of aromatic nitrogens is 2. The van der Waals surface area contributed by atoms with Crippen LogP contribution in [0.5, 0.6) is 0 Å². The summed E-state index contributed by atoms with van der Waals surface area (Å²) >= 11 is 3.37. The van der Waals surface area contributed by atoms with Crippen LogP contribution < -0.4 is 10.5 Å². The summed E-state index contributed by atoms with van der Waals surface area (Å²) < 4.78 is 20.9. The van der Waals surface area contributed by atoms with E-state index in [4.69, 9.17) is 4.74 Å². The predicted molar refractivity (Wildman–Crippen MR) is 89.1 cm³/mol. The van der Waals surface area contributed by atoms with Crippen LogP contribution in [0.15, 0.2) is 39.7 Å². The van der Waals surface area contributed by atoms with Gasteiger partial charge < -0.3 is 9.64 Å². The summed E-state index contributed by atoms with van der Waals surface area (Å²) in [4.78, 5) is 14.1. The van der Waals surface area contributed by atoms with Gasteiger partial charge in [0.05, 0.1) is 18.0 Å². The number of aryl methyl sites for hydroxylation is 1. The molecular weight excluding hydrogens is 365 g/mol. The van der Waals surface area contributed by atoms with Crippen molar-refractivity contribution in [3.8, 4) is 0 Å². The molecule has 0 amide bonds. The van der Waals surface area contributed by atoms with E-state index in [1.807, 2.05) is 6.92 Å². The van der Waals surface area contributed by atoms with Gasteiger partial charge in [-0.25, -0.2) is 9.07 Å². The third kappa shape index (κ3) is 3.30. The fourth-order valence-corrected chi connectivity index (χ4v) is 3.34. The molecule has 5 nitrogen and oxygen atoms in total. The monoisotopic (exact) mass is 381 g/mol. The number of halogens is 2. The Kier molecular flexibility index (Phi) is 4.50. The Bertz CT molecular complexity index is 763. The summed E-state index contributed by atoms with van der Waals surface area (Å²) in [6.07, 6.45) is 1.47. The molecule has 23 heavy (non-hydrogen) atoms. The number of hydrogen-bond donors (Lipinski definition) is 0. The standard InChI is InChI=1S/C16H17BrFN3O2/c1-10-8-21(13-7-19-20(2)16(22)15(13)17)9-14(23-10)11-3-5-12(18)6-4-11/h3-7,10,14H,8-9H2,1-2H3. The van der Waals surface area contributed by atoms with Crippen LogP contribution in [0.3, 0.4) is 0 Å². The lowest BCUT2D eigenvalue weighted by molar-refractivity contribution is -0.0174. The highest BCUT2D eigenvalue weighted by molar-refractivity contribution is 9.10. The summed E-state index contributed by atoms with van der Waals surface area (Å²) in [6.45, 7) is 3.21. The minimum Gasteiger partial charge on any atom is -0.367 e. The third-order valence-corrected chi connectivity index (χ3v) is 4.65. The third-order valence-electron chi connectivity index (χ3n) is 3.90. The Morgan fingerprint density at radius 1 is 1.30 bits per heavy atom. The van der Waals surface area contributed by atoms with E-state index in [0.29, 0.717) is 17.6 Å². The first-order chi connectivity index (χ1) is 11.0. The summed E-state index contributed by atoms with van der Waals surface area (Å²) in [5.41, 5.74) is 1.48. The zero-order valence-electron chi connectivity index (χ0n) is 12.9. The first-order valence-corrected chi connectivity index (χ1v) is 8.12. The van der Waals surface area contributed by atoms with Crippen LogP contribution in [0.1, 0.15) is 18.6 Å². The Balaban J connectivity index is 1.90. The first-order valence-electron chi connectivity index (χ1n) is 7.33. The van der Waals surface area contributed by atoms with Crippen molar-refractivity contribution < 1.29 is 9.13 Å². The van der Waals surface area contributed by atoms with Gasteiger partial charge >= 0.3 is 0 Å². The molecule has 7 heteroatoms. The maximum Gasteiger partial charge on any atom is 0.282 e. The van der Waals surface area contributed by atoms with E-state index in [1.165, 1.54) is 16.8 Å². The highest BCUT2D eigenvalue weighted by atomic mass is 79.9. The second-order valence-electron chi connectivity index (χ2n) is 5.66. The average molecular weight is 382 g/mol. The molecular formula is C16H17BrFN3O2. The summed E-state index contributed by atoms with van der Waals surface area (Å²) in [7, 11) is 1.61. The number of rotatable bonds is 2. The molecule has 1 aliphatic heterocycles. The van der Waals surface area contributed by atoms with Gasteiger partial charge in [0.2, 0.25) is 0 Å². The second-order valence-corrected chi connectivity index (χ2v) is 6.46. The number of nitrogens with zero attached hydrogens (tertiary/aromatic N) is 3. The van der Waals surface area contributed by atoms with Crippen molar-refractivity contribution in [2.24, 2.45) is 7.05 Å². The van der Waals surface area contributed by atoms with Gasteiger partial charge in [-0.3, -0.25) is 4.79 Å². The zero-order valence-corrected chi connectivity index (χ0v) is 14.5. The van der Waals surface area contributed by atoms with E-state index in [9.17, 15) is 9.18 Å². The van der Waals surface area contributed by atoms with Crippen molar-refractivity contribution in [3.63, 3.8) is 0 Å². The zero-order chi connectivity index (χ0) is 16.6. The second kappa shape index (κ2) is 6.41. The molecule has 0 saturated carbocycles. The minimum atomic E-state index is -0.270. The van der Waals surface area contributed by atoms with Gasteiger partial charge in [0.15, 0.2) is 0 Å². The minimum absolute atomic E-state index is 0.0187. The van der Waals surface area contributed by atoms with Crippen LogP contribution in [-0.2, 0) is 11.8 Å². The quantitative estimate of drug-likeness (QED) is 0.802. The van der Waals surface area contributed by atoms with Gasteiger partial charge in [-0.2, -0.15) is 5.10 Å². The Morgan fingerprint density at radius 2 is 2.00 bits per heavy atom. The van der Waals surface area contributed by atoms with E-state index in [-0.39, 0.29) is 23.6 Å². The van der Waals surface area contributed by atoms with E-state index in [0.717, 1.165) is 11.3 Å². The highest BCUT2D eigenvalue weighted by Crippen LogP contribution is 2.31. The molecule has 2 aromatic rings. The molecule has 1 aliphatic rings. The molecule has 1 saturated heterocycles. The summed E-state index contributed by atoms with van der Waals surface area (Å²) in [5.74, 6) is -0.270. The van der Waals surface area contributed by atoms with Gasteiger partial charge in [0, 0.05) is 20.1 Å². The van der Waals surface area contributed by atoms with Crippen LogP contribution >= 0.6 is 15.9 Å². The molecule has 1 aromatic heterocycles. The van der Waals surface area contributed by atoms with Crippen molar-refractivity contribution in [2.45, 2.75) is 19.1 Å². The smallest absolute Gasteiger partial charge is 0.282 e. The van der Waals surface area contributed by atoms with Gasteiger partial charge in [0.1, 0.15) is 16.4 Å². The fourth-order valence-electron chi connectivity index (χ4n) is 2.73. The van der Waals surface area contributed by atoms with Crippen molar-refractivity contribution in [2.75, 3.05) is 18.0 Å². The Morgan fingerprint density at radius 3 is 2.70 bits per heavy atom. The molecule has 0 aliphatic carbocycles. The number of hydrogen-bond acceptors (Lipinski definition) is 4. The molecule has 0 radical (unpaired) electrons. The molecule has 2 heterocycles. The lowest BCUT2D eigenvalue weighted by Crippen LogP contribution is -2.43. The lowest BCUT2D eigenvalue weighted by atomic mass is 10.1. The predicted octanol–water partition coefficient (Wildman–Crippen LogP) is 2.65. The summed E-state index contributed by atoms with van der Waals surface area (Å²) in [5, 5.41) is 4.09. The van der Waals surface area contributed by atoms with Gasteiger partial charge in [-0.1, -0.05) is 12.1 Å². The van der Waals surface area contributed by atoms with E-state index in [1.54, 1.807) is 25.4 Å². The van der Waals surface area contributed by atoms with Crippen LogP contribution in [0, 0.1) is 5.82 Å². The molecule has 1 fully saturated rings. The van der Waals surface area contributed by atoms with Gasteiger partial charge in [-0.05, 0) is 40.5 Å². The molecule has 0 N–H and O–H groups in total. The molecule has 122 valence electrons. The maximum atomic E-state index is 13.1. The van der Waals surface area contributed by atoms with Crippen LogP contribution in [0.2, 0.25) is 0 Å². The molecule has 2 unspecified atom stereocenters. The topological polar surface area (TPSA) is 47.4 Å². The van der Waals surface area contributed by atoms with Crippen molar-refractivity contribution in [1.29, 1.82) is 0 Å². The average Bonchev–Trinajstić information content (AvgIpc) is 2.53. The van der Waals surface area contributed by atoms with E-state index >= 15 is 0 Å². The van der Waals surface area contributed by atoms with Crippen molar-refractivity contribution >= 4 is 21.6 Å². The van der Waals surface area contributed by atoms with E-state index in [2.05, 4.69) is 25.9 Å². The number of morpholine rings is 1. The van der Waals surface area contributed by atoms with Crippen LogP contribution in [0.4, 0.5) is 10.1 Å². The number of anilines is 1. The molecule has 0 spiro atoms. The maximum absolute atomic E-state index is 13.1. The van der Waals surface area contributed by atoms with Gasteiger partial charge in [0.25, 0.3) is 5.56 Å². The summed E-state index contributed by atoms with van der Waals surface area (Å²) in [6, 6.07) is 6.32. The Labute approximate surface area is 141 Å². The Hall–Kier alpha value is -1.73. The first kappa shape index (κ1) is 16.1. The lowest BCUT2D eigenvalue weighted by Gasteiger charge is -2.38. The number of ether oxygens (including phenoxy) is 1. The molecule has 3 rings (SSSR count). The van der Waals surface area contributed by atoms with Crippen LogP contribution in [-0.4, -0.2) is 29.0 Å². The molecule has 1 aromatic carbocycles. The largest absolute Gasteiger partial charge is 0.367 e. The van der Waals surface area contributed by atoms with Crippen molar-refractivity contribution in [3.05, 3.63) is 56.7 Å². The van der Waals surface area contributed by atoms with Crippen molar-refractivity contribution in [1.82, 2.24) is 9.78 Å². The van der Waals surface area contributed by atoms with E-state index < -0.39 is 0 Å². The van der Waals surface area contributed by atoms with Crippen LogP contribution in [0.25, 0.3) is 0 Å². The SMILES string of the molecule is CC1CN(c2cnn(C)c(=O)c2Br)CC(c2ccc(F)cc2)O1. The highest BCUT2D eigenvalue weighted by Gasteiger charge is 2.28. The molecule has 2 atom stereocenters. The van der Waals surface area contributed by atoms with Gasteiger partial charge in [-0.15, -0.1) is 0 Å². The molecule has 0 bridgehead atoms. The fraction of sp³-hybridized carbons (Fsp3) is 0.375. The normalized spacial score (nSPS) is 21.5. The number of benzene rings is 1.